The van der Waals surface area contributed by atoms with Gasteiger partial charge < -0.3 is 15.4 Å². The van der Waals surface area contributed by atoms with Gasteiger partial charge in [0.25, 0.3) is 0 Å². The molecule has 0 saturated carbocycles. The molecule has 2 fully saturated rings. The number of ether oxygens (including phenoxy) is 1. The molecule has 82 valence electrons. The van der Waals surface area contributed by atoms with Gasteiger partial charge in [0.1, 0.15) is 0 Å². The molecule has 3 nitrogen and oxygen atoms in total. The molecular formula is C11H22N2O. The van der Waals surface area contributed by atoms with Crippen molar-refractivity contribution >= 4 is 0 Å². The summed E-state index contributed by atoms with van der Waals surface area (Å²) in [5.41, 5.74) is 6.53. The van der Waals surface area contributed by atoms with Crippen LogP contribution in [0.15, 0.2) is 0 Å². The summed E-state index contributed by atoms with van der Waals surface area (Å²) in [6.07, 6.45) is 1.29. The van der Waals surface area contributed by atoms with Crippen molar-refractivity contribution in [2.24, 2.45) is 17.1 Å². The number of nitrogens with zero attached hydrogens (tertiary/aromatic N) is 1. The molecule has 2 rings (SSSR count). The van der Waals surface area contributed by atoms with Gasteiger partial charge in [0.2, 0.25) is 0 Å². The highest BCUT2D eigenvalue weighted by atomic mass is 16.5. The molecule has 2 N–H and O–H groups in total. The predicted molar refractivity (Wildman–Crippen MR) is 57.1 cm³/mol. The molecular weight excluding hydrogens is 176 g/mol. The van der Waals surface area contributed by atoms with Crippen LogP contribution in [0.4, 0.5) is 0 Å². The van der Waals surface area contributed by atoms with Crippen molar-refractivity contribution < 1.29 is 4.74 Å². The van der Waals surface area contributed by atoms with Crippen LogP contribution < -0.4 is 5.73 Å². The Hall–Kier alpha value is -0.120. The van der Waals surface area contributed by atoms with E-state index in [1.807, 2.05) is 0 Å². The molecule has 0 radical (unpaired) electrons. The summed E-state index contributed by atoms with van der Waals surface area (Å²) in [6.45, 7) is 9.89. The first-order valence-corrected chi connectivity index (χ1v) is 5.69. The van der Waals surface area contributed by atoms with Gasteiger partial charge in [0.15, 0.2) is 0 Å². The Balaban J connectivity index is 1.73. The highest BCUT2D eigenvalue weighted by Gasteiger charge is 2.39. The van der Waals surface area contributed by atoms with Crippen molar-refractivity contribution in [3.8, 4) is 0 Å². The molecule has 0 aromatic heterocycles. The number of hydrogen-bond acceptors (Lipinski definition) is 3. The lowest BCUT2D eigenvalue weighted by molar-refractivity contribution is -0.000721. The Labute approximate surface area is 86.6 Å². The largest absolute Gasteiger partial charge is 0.379 e. The van der Waals surface area contributed by atoms with Gasteiger partial charge in [0, 0.05) is 31.6 Å². The van der Waals surface area contributed by atoms with E-state index >= 15 is 0 Å². The first kappa shape index (κ1) is 10.4. The smallest absolute Gasteiger partial charge is 0.0621 e. The van der Waals surface area contributed by atoms with Gasteiger partial charge >= 0.3 is 0 Å². The van der Waals surface area contributed by atoms with E-state index in [9.17, 15) is 0 Å². The second kappa shape index (κ2) is 3.80. The number of hydrogen-bond donors (Lipinski definition) is 1. The van der Waals surface area contributed by atoms with Crippen molar-refractivity contribution in [3.05, 3.63) is 0 Å². The molecule has 2 atom stereocenters. The maximum absolute atomic E-state index is 5.95. The second-order valence-electron chi connectivity index (χ2n) is 5.30. The fraction of sp³-hybridized carbons (Fsp3) is 1.00. The summed E-state index contributed by atoms with van der Waals surface area (Å²) in [5.74, 6) is 0.566. The minimum Gasteiger partial charge on any atom is -0.379 e. The molecule has 2 saturated heterocycles. The van der Waals surface area contributed by atoms with E-state index in [1.165, 1.54) is 19.5 Å². The molecule has 0 aliphatic carbocycles. The minimum atomic E-state index is 0.267. The number of rotatable bonds is 3. The van der Waals surface area contributed by atoms with Crippen LogP contribution in [0.25, 0.3) is 0 Å². The zero-order valence-electron chi connectivity index (χ0n) is 9.33. The normalized spacial score (nSPS) is 37.1. The molecule has 14 heavy (non-hydrogen) atoms. The van der Waals surface area contributed by atoms with E-state index in [0.717, 1.165) is 19.8 Å². The van der Waals surface area contributed by atoms with Crippen molar-refractivity contribution in [2.45, 2.75) is 26.3 Å². The third-order valence-electron chi connectivity index (χ3n) is 3.80. The van der Waals surface area contributed by atoms with Gasteiger partial charge in [-0.1, -0.05) is 13.8 Å². The molecule has 0 aromatic rings. The molecule has 2 aliphatic rings. The van der Waals surface area contributed by atoms with Crippen LogP contribution in [-0.2, 0) is 4.74 Å². The third-order valence-corrected chi connectivity index (χ3v) is 3.80. The van der Waals surface area contributed by atoms with Crippen LogP contribution in [0.1, 0.15) is 20.3 Å². The molecule has 0 amide bonds. The van der Waals surface area contributed by atoms with Crippen LogP contribution in [0.5, 0.6) is 0 Å². The first-order valence-electron chi connectivity index (χ1n) is 5.69. The standard InChI is InChI=1S/C11H22N2O/c1-3-11(2)7-13(8-11)4-9-5-14-6-10(9)12/h9-10H,3-8,12H2,1-2H3. The zero-order valence-corrected chi connectivity index (χ0v) is 9.33. The van der Waals surface area contributed by atoms with Gasteiger partial charge in [-0.05, 0) is 11.8 Å². The second-order valence-corrected chi connectivity index (χ2v) is 5.30. The Morgan fingerprint density at radius 2 is 2.14 bits per heavy atom. The Morgan fingerprint density at radius 1 is 1.43 bits per heavy atom. The molecule has 3 heteroatoms. The lowest BCUT2D eigenvalue weighted by atomic mass is 9.79. The summed E-state index contributed by atoms with van der Waals surface area (Å²) >= 11 is 0. The topological polar surface area (TPSA) is 38.5 Å². The average molecular weight is 198 g/mol. The van der Waals surface area contributed by atoms with E-state index in [4.69, 9.17) is 10.5 Å². The number of nitrogens with two attached hydrogens (primary N) is 1. The zero-order chi connectivity index (χ0) is 10.2. The lowest BCUT2D eigenvalue weighted by Gasteiger charge is -2.49. The maximum atomic E-state index is 5.95. The maximum Gasteiger partial charge on any atom is 0.0621 e. The van der Waals surface area contributed by atoms with Gasteiger partial charge in [0.05, 0.1) is 13.2 Å². The van der Waals surface area contributed by atoms with Gasteiger partial charge in [-0.3, -0.25) is 0 Å². The van der Waals surface area contributed by atoms with Crippen LogP contribution in [0.2, 0.25) is 0 Å². The predicted octanol–water partition coefficient (Wildman–Crippen LogP) is 0.692. The first-order chi connectivity index (χ1) is 6.63. The average Bonchev–Trinajstić information content (AvgIpc) is 2.49. The summed E-state index contributed by atoms with van der Waals surface area (Å²) < 4.78 is 5.37. The van der Waals surface area contributed by atoms with Crippen molar-refractivity contribution in [3.63, 3.8) is 0 Å². The molecule has 2 heterocycles. The molecule has 0 aromatic carbocycles. The van der Waals surface area contributed by atoms with Gasteiger partial charge in [-0.15, -0.1) is 0 Å². The minimum absolute atomic E-state index is 0.267. The van der Waals surface area contributed by atoms with Gasteiger partial charge in [-0.2, -0.15) is 0 Å². The van der Waals surface area contributed by atoms with Crippen LogP contribution in [-0.4, -0.2) is 43.8 Å². The molecule has 2 aliphatic heterocycles. The van der Waals surface area contributed by atoms with Crippen LogP contribution in [0.3, 0.4) is 0 Å². The Morgan fingerprint density at radius 3 is 2.64 bits per heavy atom. The van der Waals surface area contributed by atoms with Crippen molar-refractivity contribution in [1.29, 1.82) is 0 Å². The van der Waals surface area contributed by atoms with E-state index in [-0.39, 0.29) is 6.04 Å². The highest BCUT2D eigenvalue weighted by Crippen LogP contribution is 2.33. The van der Waals surface area contributed by atoms with Crippen molar-refractivity contribution in [1.82, 2.24) is 4.90 Å². The molecule has 2 unspecified atom stereocenters. The SMILES string of the molecule is CCC1(C)CN(CC2COCC2N)C1. The molecule has 0 spiro atoms. The van der Waals surface area contributed by atoms with Crippen molar-refractivity contribution in [2.75, 3.05) is 32.8 Å². The number of likely N-dealkylation sites (tertiary alicyclic amines) is 1. The Bertz CT molecular complexity index is 201. The fourth-order valence-corrected chi connectivity index (χ4v) is 2.52. The van der Waals surface area contributed by atoms with E-state index in [2.05, 4.69) is 18.7 Å². The van der Waals surface area contributed by atoms with E-state index < -0.39 is 0 Å². The van der Waals surface area contributed by atoms with Crippen LogP contribution in [0, 0.1) is 11.3 Å². The highest BCUT2D eigenvalue weighted by molar-refractivity contribution is 4.92. The summed E-state index contributed by atoms with van der Waals surface area (Å²) in [6, 6.07) is 0.267. The Kier molecular flexibility index (Phi) is 2.82. The summed E-state index contributed by atoms with van der Waals surface area (Å²) in [5, 5.41) is 0. The summed E-state index contributed by atoms with van der Waals surface area (Å²) in [4.78, 5) is 2.52. The third kappa shape index (κ3) is 1.95. The van der Waals surface area contributed by atoms with Gasteiger partial charge in [-0.25, -0.2) is 0 Å². The van der Waals surface area contributed by atoms with Crippen LogP contribution >= 0.6 is 0 Å². The quantitative estimate of drug-likeness (QED) is 0.725. The van der Waals surface area contributed by atoms with E-state index in [1.54, 1.807) is 0 Å². The van der Waals surface area contributed by atoms with E-state index in [0.29, 0.717) is 11.3 Å². The summed E-state index contributed by atoms with van der Waals surface area (Å²) in [7, 11) is 0. The fourth-order valence-electron chi connectivity index (χ4n) is 2.52. The monoisotopic (exact) mass is 198 g/mol. The lowest BCUT2D eigenvalue weighted by Crippen LogP contribution is -2.56. The molecule has 0 bridgehead atoms.